The van der Waals surface area contributed by atoms with E-state index in [4.69, 9.17) is 0 Å². The van der Waals surface area contributed by atoms with Crippen LogP contribution in [0.5, 0.6) is 0 Å². The van der Waals surface area contributed by atoms with Gasteiger partial charge in [0.25, 0.3) is 0 Å². The smallest absolute Gasteiger partial charge is 0.245 e. The van der Waals surface area contributed by atoms with Crippen LogP contribution in [0.3, 0.4) is 0 Å². The van der Waals surface area contributed by atoms with Crippen molar-refractivity contribution in [3.8, 4) is 0 Å². The highest BCUT2D eigenvalue weighted by atomic mass is 16.2. The van der Waals surface area contributed by atoms with Crippen molar-refractivity contribution in [2.24, 2.45) is 0 Å². The Morgan fingerprint density at radius 3 is 2.68 bits per heavy atom. The molecule has 2 atom stereocenters. The van der Waals surface area contributed by atoms with Gasteiger partial charge in [0.2, 0.25) is 11.8 Å². The first kappa shape index (κ1) is 17.0. The summed E-state index contributed by atoms with van der Waals surface area (Å²) < 4.78 is 2.17. The Morgan fingerprint density at radius 2 is 1.92 bits per heavy atom. The van der Waals surface area contributed by atoms with Crippen LogP contribution in [-0.2, 0) is 16.1 Å². The maximum Gasteiger partial charge on any atom is 0.245 e. The number of carbonyl (C=O) groups is 2. The molecule has 0 saturated heterocycles. The molecule has 1 aliphatic rings. The summed E-state index contributed by atoms with van der Waals surface area (Å²) in [6, 6.07) is 13.1. The van der Waals surface area contributed by atoms with E-state index in [2.05, 4.69) is 9.88 Å². The summed E-state index contributed by atoms with van der Waals surface area (Å²) in [6.45, 7) is 5.19. The second-order valence-corrected chi connectivity index (χ2v) is 6.31. The average molecular weight is 337 g/mol. The Labute approximate surface area is 147 Å². The molecule has 0 spiro atoms. The molecule has 3 rings (SSSR count). The van der Waals surface area contributed by atoms with Gasteiger partial charge >= 0.3 is 0 Å². The van der Waals surface area contributed by atoms with Crippen molar-refractivity contribution in [2.45, 2.75) is 32.5 Å². The lowest BCUT2D eigenvalue weighted by molar-refractivity contribution is -0.138. The summed E-state index contributed by atoms with van der Waals surface area (Å²) >= 11 is 0. The van der Waals surface area contributed by atoms with Crippen molar-refractivity contribution in [2.75, 3.05) is 6.54 Å². The van der Waals surface area contributed by atoms with Gasteiger partial charge in [0, 0.05) is 31.1 Å². The van der Waals surface area contributed by atoms with Gasteiger partial charge in [0.05, 0.1) is 6.04 Å². The predicted octanol–water partition coefficient (Wildman–Crippen LogP) is 2.61. The number of benzene rings is 1. The molecule has 1 N–H and O–H groups in total. The van der Waals surface area contributed by atoms with E-state index < -0.39 is 6.04 Å². The monoisotopic (exact) mass is 337 g/mol. The van der Waals surface area contributed by atoms with Crippen molar-refractivity contribution in [1.29, 1.82) is 0 Å². The molecule has 1 aromatic heterocycles. The molecule has 0 aliphatic carbocycles. The maximum atomic E-state index is 12.7. The van der Waals surface area contributed by atoms with Crippen LogP contribution >= 0.6 is 0 Å². The van der Waals surface area contributed by atoms with Gasteiger partial charge in [0.15, 0.2) is 0 Å². The summed E-state index contributed by atoms with van der Waals surface area (Å²) in [5.41, 5.74) is 2.07. The molecule has 0 unspecified atom stereocenters. The van der Waals surface area contributed by atoms with Gasteiger partial charge in [-0.2, -0.15) is 0 Å². The normalized spacial score (nSPS) is 18.0. The lowest BCUT2D eigenvalue weighted by atomic mass is 10.1. The Balaban J connectivity index is 1.59. The fraction of sp³-hybridized carbons (Fsp3) is 0.300. The zero-order valence-electron chi connectivity index (χ0n) is 14.6. The van der Waals surface area contributed by atoms with Crippen LogP contribution in [0.25, 0.3) is 6.08 Å². The van der Waals surface area contributed by atoms with Crippen molar-refractivity contribution in [1.82, 2.24) is 14.8 Å². The average Bonchev–Trinajstić information content (AvgIpc) is 3.10. The van der Waals surface area contributed by atoms with Crippen molar-refractivity contribution in [3.05, 3.63) is 66.0 Å². The largest absolute Gasteiger partial charge is 0.348 e. The molecular formula is C20H23N3O2. The van der Waals surface area contributed by atoms with E-state index in [1.165, 1.54) is 6.08 Å². The van der Waals surface area contributed by atoms with Crippen LogP contribution in [0, 0.1) is 0 Å². The second-order valence-electron chi connectivity index (χ2n) is 6.31. The summed E-state index contributed by atoms with van der Waals surface area (Å²) in [5.74, 6) is -0.320. The zero-order valence-corrected chi connectivity index (χ0v) is 14.6. The standard InChI is InChI=1S/C20H23N3O2/c1-15(21-19(24)11-10-17-7-4-3-5-8-17)20(25)23-14-13-22-12-6-9-18(22)16(23)2/h3-12,15-16H,13-14H2,1-2H3,(H,21,24)/b11-10+/t15-,16+/m0/s1. The third-order valence-electron chi connectivity index (χ3n) is 4.58. The van der Waals surface area contributed by atoms with Gasteiger partial charge in [0.1, 0.15) is 6.04 Å². The van der Waals surface area contributed by atoms with Gasteiger partial charge in [-0.3, -0.25) is 9.59 Å². The molecule has 130 valence electrons. The molecule has 0 radical (unpaired) electrons. The van der Waals surface area contributed by atoms with E-state index in [9.17, 15) is 9.59 Å². The van der Waals surface area contributed by atoms with Gasteiger partial charge < -0.3 is 14.8 Å². The van der Waals surface area contributed by atoms with Gasteiger partial charge in [-0.15, -0.1) is 0 Å². The number of carbonyl (C=O) groups excluding carboxylic acids is 2. The van der Waals surface area contributed by atoms with Gasteiger partial charge in [-0.25, -0.2) is 0 Å². The lowest BCUT2D eigenvalue weighted by Gasteiger charge is -2.36. The number of hydrogen-bond donors (Lipinski definition) is 1. The molecule has 2 heterocycles. The summed E-state index contributed by atoms with van der Waals surface area (Å²) in [4.78, 5) is 26.6. The van der Waals surface area contributed by atoms with Crippen LogP contribution in [0.4, 0.5) is 0 Å². The van der Waals surface area contributed by atoms with E-state index in [0.29, 0.717) is 6.54 Å². The minimum absolute atomic E-state index is 0.00969. The molecule has 1 aliphatic heterocycles. The molecule has 0 bridgehead atoms. The second kappa shape index (κ2) is 7.38. The molecule has 0 saturated carbocycles. The Morgan fingerprint density at radius 1 is 1.16 bits per heavy atom. The van der Waals surface area contributed by atoms with Gasteiger partial charge in [-0.05, 0) is 37.6 Å². The van der Waals surface area contributed by atoms with Crippen molar-refractivity contribution in [3.63, 3.8) is 0 Å². The minimum Gasteiger partial charge on any atom is -0.348 e. The Hall–Kier alpha value is -2.82. The van der Waals surface area contributed by atoms with Crippen molar-refractivity contribution >= 4 is 17.9 Å². The first-order valence-corrected chi connectivity index (χ1v) is 8.55. The first-order chi connectivity index (χ1) is 12.1. The number of nitrogens with one attached hydrogen (secondary N) is 1. The Kier molecular flexibility index (Phi) is 5.03. The fourth-order valence-corrected chi connectivity index (χ4v) is 3.19. The summed E-state index contributed by atoms with van der Waals surface area (Å²) in [7, 11) is 0. The van der Waals surface area contributed by atoms with Crippen LogP contribution in [0.2, 0.25) is 0 Å². The maximum absolute atomic E-state index is 12.7. The number of amides is 2. The molecule has 2 aromatic rings. The SMILES string of the molecule is C[C@H](NC(=O)/C=C/c1ccccc1)C(=O)N1CCn2cccc2[C@H]1C. The molecule has 0 fully saturated rings. The van der Waals surface area contributed by atoms with E-state index >= 15 is 0 Å². The number of aromatic nitrogens is 1. The predicted molar refractivity (Wildman–Crippen MR) is 97.6 cm³/mol. The summed E-state index contributed by atoms with van der Waals surface area (Å²) in [5, 5.41) is 2.76. The molecular weight excluding hydrogens is 314 g/mol. The third kappa shape index (κ3) is 3.82. The van der Waals surface area contributed by atoms with Crippen LogP contribution in [0.1, 0.15) is 31.1 Å². The molecule has 2 amide bonds. The minimum atomic E-state index is -0.558. The molecule has 5 nitrogen and oxygen atoms in total. The number of rotatable bonds is 4. The third-order valence-corrected chi connectivity index (χ3v) is 4.58. The number of hydrogen-bond acceptors (Lipinski definition) is 2. The fourth-order valence-electron chi connectivity index (χ4n) is 3.19. The van der Waals surface area contributed by atoms with E-state index in [1.54, 1.807) is 13.0 Å². The number of nitrogens with zero attached hydrogens (tertiary/aromatic N) is 2. The van der Waals surface area contributed by atoms with Crippen molar-refractivity contribution < 1.29 is 9.59 Å². The lowest BCUT2D eigenvalue weighted by Crippen LogP contribution is -2.50. The number of fused-ring (bicyclic) bond motifs is 1. The van der Waals surface area contributed by atoms with E-state index in [-0.39, 0.29) is 17.9 Å². The molecule has 1 aromatic carbocycles. The first-order valence-electron chi connectivity index (χ1n) is 8.55. The topological polar surface area (TPSA) is 54.3 Å². The molecule has 25 heavy (non-hydrogen) atoms. The summed E-state index contributed by atoms with van der Waals surface area (Å²) in [6.07, 6.45) is 5.24. The highest BCUT2D eigenvalue weighted by Crippen LogP contribution is 2.25. The Bertz CT molecular complexity index is 779. The zero-order chi connectivity index (χ0) is 17.8. The van der Waals surface area contributed by atoms with E-state index in [1.807, 2.05) is 60.5 Å². The van der Waals surface area contributed by atoms with Crippen LogP contribution < -0.4 is 5.32 Å². The quantitative estimate of drug-likeness (QED) is 0.872. The highest BCUT2D eigenvalue weighted by Gasteiger charge is 2.30. The van der Waals surface area contributed by atoms with Crippen LogP contribution in [0.15, 0.2) is 54.7 Å². The van der Waals surface area contributed by atoms with Gasteiger partial charge in [-0.1, -0.05) is 30.3 Å². The van der Waals surface area contributed by atoms with E-state index in [0.717, 1.165) is 17.8 Å². The molecule has 5 heteroatoms. The van der Waals surface area contributed by atoms with Crippen LogP contribution in [-0.4, -0.2) is 33.9 Å². The highest BCUT2D eigenvalue weighted by molar-refractivity contribution is 5.95.